The summed E-state index contributed by atoms with van der Waals surface area (Å²) in [5, 5.41) is 5.51. The Kier molecular flexibility index (Phi) is 7.40. The van der Waals surface area contributed by atoms with Gasteiger partial charge in [-0.25, -0.2) is 9.18 Å². The van der Waals surface area contributed by atoms with Gasteiger partial charge in [-0.3, -0.25) is 4.79 Å². The van der Waals surface area contributed by atoms with Crippen LogP contribution >= 0.6 is 0 Å². The minimum absolute atomic E-state index is 0.147. The molecule has 0 saturated carbocycles. The van der Waals surface area contributed by atoms with Gasteiger partial charge in [-0.15, -0.1) is 0 Å². The molecule has 2 N–H and O–H groups in total. The van der Waals surface area contributed by atoms with Crippen LogP contribution in [0, 0.1) is 11.7 Å². The van der Waals surface area contributed by atoms with E-state index in [-0.39, 0.29) is 36.7 Å². The highest BCUT2D eigenvalue weighted by Gasteiger charge is 2.18. The zero-order chi connectivity index (χ0) is 19.8. The first-order valence-corrected chi connectivity index (χ1v) is 8.96. The van der Waals surface area contributed by atoms with Crippen LogP contribution in [0.4, 0.5) is 9.18 Å². The summed E-state index contributed by atoms with van der Waals surface area (Å²) in [6.07, 6.45) is 0.187. The number of hydrogen-bond donors (Lipinski definition) is 2. The van der Waals surface area contributed by atoms with E-state index in [2.05, 4.69) is 10.6 Å². The molecule has 27 heavy (non-hydrogen) atoms. The molecule has 0 unspecified atom stereocenters. The van der Waals surface area contributed by atoms with E-state index in [1.807, 2.05) is 13.8 Å². The summed E-state index contributed by atoms with van der Waals surface area (Å²) in [6.45, 7) is 6.33. The van der Waals surface area contributed by atoms with Crippen LogP contribution in [0.15, 0.2) is 40.8 Å². The number of alkyl carbamates (subject to hydrolysis) is 1. The third-order valence-electron chi connectivity index (χ3n) is 3.82. The Bertz CT molecular complexity index is 756. The van der Waals surface area contributed by atoms with Gasteiger partial charge >= 0.3 is 6.09 Å². The van der Waals surface area contributed by atoms with Crippen LogP contribution in [0.1, 0.15) is 37.7 Å². The van der Waals surface area contributed by atoms with Crippen molar-refractivity contribution < 1.29 is 23.1 Å². The Hall–Kier alpha value is -2.83. The summed E-state index contributed by atoms with van der Waals surface area (Å²) in [7, 11) is 0. The quantitative estimate of drug-likeness (QED) is 0.730. The van der Waals surface area contributed by atoms with Crippen LogP contribution < -0.4 is 10.6 Å². The van der Waals surface area contributed by atoms with E-state index in [1.165, 1.54) is 12.1 Å². The molecular formula is C20H25FN2O4. The van der Waals surface area contributed by atoms with Gasteiger partial charge in [-0.2, -0.15) is 0 Å². The number of benzene rings is 1. The van der Waals surface area contributed by atoms with Crippen molar-refractivity contribution in [3.05, 3.63) is 48.0 Å². The van der Waals surface area contributed by atoms with E-state index >= 15 is 0 Å². The van der Waals surface area contributed by atoms with E-state index in [0.717, 1.165) is 0 Å². The van der Waals surface area contributed by atoms with Crippen molar-refractivity contribution in [2.24, 2.45) is 5.92 Å². The molecule has 1 aromatic heterocycles. The average Bonchev–Trinajstić information content (AvgIpc) is 3.10. The van der Waals surface area contributed by atoms with Crippen LogP contribution in [0.5, 0.6) is 0 Å². The van der Waals surface area contributed by atoms with Crippen molar-refractivity contribution >= 4 is 12.0 Å². The molecule has 0 saturated heterocycles. The Morgan fingerprint density at radius 3 is 2.48 bits per heavy atom. The van der Waals surface area contributed by atoms with Gasteiger partial charge in [0.2, 0.25) is 0 Å². The van der Waals surface area contributed by atoms with E-state index < -0.39 is 6.09 Å². The van der Waals surface area contributed by atoms with Gasteiger partial charge in [-0.05, 0) is 55.7 Å². The molecule has 1 aromatic carbocycles. The lowest BCUT2D eigenvalue weighted by Gasteiger charge is -2.20. The monoisotopic (exact) mass is 376 g/mol. The second kappa shape index (κ2) is 9.75. The summed E-state index contributed by atoms with van der Waals surface area (Å²) in [6, 6.07) is 8.79. The van der Waals surface area contributed by atoms with E-state index in [1.54, 1.807) is 31.2 Å². The second-order valence-electron chi connectivity index (χ2n) is 6.57. The summed E-state index contributed by atoms with van der Waals surface area (Å²) in [4.78, 5) is 24.0. The Balaban J connectivity index is 1.96. The van der Waals surface area contributed by atoms with Crippen molar-refractivity contribution in [1.29, 1.82) is 0 Å². The molecule has 2 amide bonds. The fourth-order valence-corrected chi connectivity index (χ4v) is 2.63. The SMILES string of the molecule is CCOC(=O)N[C@H](CNC(=O)c1ccc(-c2ccc(F)cc2)o1)CC(C)C. The molecule has 6 nitrogen and oxygen atoms in total. The van der Waals surface area contributed by atoms with Gasteiger partial charge in [0.1, 0.15) is 11.6 Å². The Morgan fingerprint density at radius 2 is 1.85 bits per heavy atom. The van der Waals surface area contributed by atoms with Crippen LogP contribution in [0.25, 0.3) is 11.3 Å². The lowest BCUT2D eigenvalue weighted by Crippen LogP contribution is -2.44. The number of nitrogens with one attached hydrogen (secondary N) is 2. The normalized spacial score (nSPS) is 11.9. The van der Waals surface area contributed by atoms with E-state index in [9.17, 15) is 14.0 Å². The maximum Gasteiger partial charge on any atom is 0.407 e. The number of carbonyl (C=O) groups excluding carboxylic acids is 2. The molecule has 146 valence electrons. The summed E-state index contributed by atoms with van der Waals surface area (Å²) in [5.41, 5.74) is 0.678. The maximum absolute atomic E-state index is 13.0. The Labute approximate surface area is 158 Å². The molecule has 2 aromatic rings. The molecule has 0 spiro atoms. The predicted octanol–water partition coefficient (Wildman–Crippen LogP) is 3.98. The fourth-order valence-electron chi connectivity index (χ4n) is 2.63. The van der Waals surface area contributed by atoms with Gasteiger partial charge in [0.05, 0.1) is 6.61 Å². The number of furan rings is 1. The smallest absolute Gasteiger partial charge is 0.407 e. The number of halogens is 1. The summed E-state index contributed by atoms with van der Waals surface area (Å²) >= 11 is 0. The van der Waals surface area contributed by atoms with Crippen molar-refractivity contribution in [1.82, 2.24) is 10.6 Å². The molecule has 0 radical (unpaired) electrons. The molecular weight excluding hydrogens is 351 g/mol. The standard InChI is InChI=1S/C20H25FN2O4/c1-4-26-20(25)23-16(11-13(2)3)12-22-19(24)18-10-9-17(27-18)14-5-7-15(21)8-6-14/h5-10,13,16H,4,11-12H2,1-3H3,(H,22,24)(H,23,25)/t16-/m0/s1. The molecule has 0 aliphatic carbocycles. The van der Waals surface area contributed by atoms with Gasteiger partial charge in [-0.1, -0.05) is 13.8 Å². The highest BCUT2D eigenvalue weighted by molar-refractivity contribution is 5.92. The molecule has 1 atom stereocenters. The fraction of sp³-hybridized carbons (Fsp3) is 0.400. The number of rotatable bonds is 8. The average molecular weight is 376 g/mol. The zero-order valence-corrected chi connectivity index (χ0v) is 15.8. The van der Waals surface area contributed by atoms with Gasteiger partial charge < -0.3 is 19.8 Å². The molecule has 7 heteroatoms. The number of hydrogen-bond acceptors (Lipinski definition) is 4. The molecule has 0 aliphatic heterocycles. The third kappa shape index (κ3) is 6.44. The van der Waals surface area contributed by atoms with Crippen molar-refractivity contribution in [3.8, 4) is 11.3 Å². The molecule has 1 heterocycles. The zero-order valence-electron chi connectivity index (χ0n) is 15.8. The van der Waals surface area contributed by atoms with Gasteiger partial charge in [0, 0.05) is 18.2 Å². The van der Waals surface area contributed by atoms with E-state index in [4.69, 9.17) is 9.15 Å². The van der Waals surface area contributed by atoms with Gasteiger partial charge in [0.25, 0.3) is 5.91 Å². The lowest BCUT2D eigenvalue weighted by atomic mass is 10.0. The number of amides is 2. The largest absolute Gasteiger partial charge is 0.451 e. The van der Waals surface area contributed by atoms with Crippen LogP contribution in [0.2, 0.25) is 0 Å². The van der Waals surface area contributed by atoms with Crippen molar-refractivity contribution in [3.63, 3.8) is 0 Å². The van der Waals surface area contributed by atoms with E-state index in [0.29, 0.717) is 23.7 Å². The minimum atomic E-state index is -0.506. The summed E-state index contributed by atoms with van der Waals surface area (Å²) < 4.78 is 23.5. The Morgan fingerprint density at radius 1 is 1.15 bits per heavy atom. The number of carbonyl (C=O) groups is 2. The maximum atomic E-state index is 13.0. The highest BCUT2D eigenvalue weighted by Crippen LogP contribution is 2.22. The van der Waals surface area contributed by atoms with Crippen LogP contribution in [-0.2, 0) is 4.74 Å². The minimum Gasteiger partial charge on any atom is -0.451 e. The first-order valence-electron chi connectivity index (χ1n) is 8.96. The molecule has 0 aliphatic rings. The first kappa shape index (κ1) is 20.5. The predicted molar refractivity (Wildman–Crippen MR) is 99.8 cm³/mol. The van der Waals surface area contributed by atoms with Crippen LogP contribution in [-0.4, -0.2) is 31.2 Å². The third-order valence-corrected chi connectivity index (χ3v) is 3.82. The van der Waals surface area contributed by atoms with Gasteiger partial charge in [0.15, 0.2) is 5.76 Å². The highest BCUT2D eigenvalue weighted by atomic mass is 19.1. The molecule has 0 bridgehead atoms. The van der Waals surface area contributed by atoms with Crippen molar-refractivity contribution in [2.45, 2.75) is 33.2 Å². The number of ether oxygens (including phenoxy) is 1. The molecule has 2 rings (SSSR count). The lowest BCUT2D eigenvalue weighted by molar-refractivity contribution is 0.0918. The second-order valence-corrected chi connectivity index (χ2v) is 6.57. The first-order chi connectivity index (χ1) is 12.9. The summed E-state index contributed by atoms with van der Waals surface area (Å²) in [5.74, 6) is 0.233. The molecule has 0 fully saturated rings. The van der Waals surface area contributed by atoms with Crippen molar-refractivity contribution in [2.75, 3.05) is 13.2 Å². The topological polar surface area (TPSA) is 80.6 Å². The van der Waals surface area contributed by atoms with Crippen LogP contribution in [0.3, 0.4) is 0 Å².